The topological polar surface area (TPSA) is 77.7 Å². The van der Waals surface area contributed by atoms with Gasteiger partial charge in [-0.05, 0) is 37.5 Å². The minimum atomic E-state index is 0.153. The number of methoxy groups -OCH3 is 2. The van der Waals surface area contributed by atoms with Crippen molar-refractivity contribution in [1.82, 2.24) is 15.0 Å². The Morgan fingerprint density at radius 2 is 1.96 bits per heavy atom. The molecular formula is C21H29N3O4. The summed E-state index contributed by atoms with van der Waals surface area (Å²) in [6.45, 7) is 2.93. The van der Waals surface area contributed by atoms with Crippen molar-refractivity contribution in [1.29, 1.82) is 0 Å². The molecule has 1 heterocycles. The molecule has 0 N–H and O–H groups in total. The van der Waals surface area contributed by atoms with E-state index in [9.17, 15) is 4.79 Å². The molecule has 3 rings (SSSR count). The van der Waals surface area contributed by atoms with Crippen molar-refractivity contribution < 1.29 is 18.8 Å². The van der Waals surface area contributed by atoms with Gasteiger partial charge in [-0.2, -0.15) is 4.98 Å². The number of carbonyl (C=O) groups excluding carboxylic acids is 1. The Labute approximate surface area is 166 Å². The van der Waals surface area contributed by atoms with Crippen molar-refractivity contribution in [3.05, 3.63) is 24.1 Å². The van der Waals surface area contributed by atoms with Gasteiger partial charge < -0.3 is 18.9 Å². The van der Waals surface area contributed by atoms with E-state index in [2.05, 4.69) is 10.1 Å². The lowest BCUT2D eigenvalue weighted by atomic mass is 10.0. The summed E-state index contributed by atoms with van der Waals surface area (Å²) in [5.41, 5.74) is 0.767. The number of nitrogens with zero attached hydrogens (tertiary/aromatic N) is 3. The van der Waals surface area contributed by atoms with Gasteiger partial charge in [0.1, 0.15) is 0 Å². The number of hydrogen-bond acceptors (Lipinski definition) is 6. The number of hydrogen-bond donors (Lipinski definition) is 0. The summed E-state index contributed by atoms with van der Waals surface area (Å²) in [5.74, 6) is 3.00. The maximum absolute atomic E-state index is 12.6. The van der Waals surface area contributed by atoms with E-state index in [1.165, 1.54) is 25.7 Å². The first-order valence-electron chi connectivity index (χ1n) is 9.97. The highest BCUT2D eigenvalue weighted by Crippen LogP contribution is 2.31. The monoisotopic (exact) mass is 387 g/mol. The van der Waals surface area contributed by atoms with E-state index in [0.717, 1.165) is 12.0 Å². The average molecular weight is 387 g/mol. The van der Waals surface area contributed by atoms with E-state index in [1.54, 1.807) is 31.3 Å². The van der Waals surface area contributed by atoms with Crippen molar-refractivity contribution in [2.75, 3.05) is 20.8 Å². The van der Waals surface area contributed by atoms with E-state index in [1.807, 2.05) is 13.0 Å². The highest BCUT2D eigenvalue weighted by atomic mass is 16.5. The molecule has 2 aromatic rings. The number of amides is 1. The fraction of sp³-hybridized carbons (Fsp3) is 0.571. The molecular weight excluding hydrogens is 358 g/mol. The van der Waals surface area contributed by atoms with Gasteiger partial charge in [-0.25, -0.2) is 0 Å². The van der Waals surface area contributed by atoms with Gasteiger partial charge in [0.15, 0.2) is 11.5 Å². The third-order valence-electron chi connectivity index (χ3n) is 5.41. The predicted molar refractivity (Wildman–Crippen MR) is 105 cm³/mol. The van der Waals surface area contributed by atoms with Crippen molar-refractivity contribution in [3.63, 3.8) is 0 Å². The van der Waals surface area contributed by atoms with Crippen LogP contribution in [0.3, 0.4) is 0 Å². The zero-order chi connectivity index (χ0) is 19.9. The molecule has 0 unspecified atom stereocenters. The van der Waals surface area contributed by atoms with E-state index in [0.29, 0.717) is 48.6 Å². The summed E-state index contributed by atoms with van der Waals surface area (Å²) in [6.07, 6.45) is 6.70. The molecule has 1 amide bonds. The molecule has 1 aromatic carbocycles. The van der Waals surface area contributed by atoms with Gasteiger partial charge in [-0.1, -0.05) is 30.8 Å². The summed E-state index contributed by atoms with van der Waals surface area (Å²) in [7, 11) is 3.17. The second-order valence-electron chi connectivity index (χ2n) is 7.18. The Morgan fingerprint density at radius 1 is 1.21 bits per heavy atom. The molecule has 28 heavy (non-hydrogen) atoms. The Morgan fingerprint density at radius 3 is 2.64 bits per heavy atom. The van der Waals surface area contributed by atoms with Crippen LogP contribution in [0.1, 0.15) is 51.3 Å². The first-order chi connectivity index (χ1) is 13.6. The van der Waals surface area contributed by atoms with Crippen LogP contribution in [0.5, 0.6) is 11.5 Å². The predicted octanol–water partition coefficient (Wildman–Crippen LogP) is 4.07. The van der Waals surface area contributed by atoms with E-state index < -0.39 is 0 Å². The minimum absolute atomic E-state index is 0.153. The third kappa shape index (κ3) is 4.82. The molecule has 0 atom stereocenters. The molecule has 1 saturated carbocycles. The summed E-state index contributed by atoms with van der Waals surface area (Å²) in [4.78, 5) is 18.8. The summed E-state index contributed by atoms with van der Waals surface area (Å²) >= 11 is 0. The number of benzene rings is 1. The standard InChI is InChI=1S/C21H29N3O4/c1-4-24(20(25)12-9-15-7-5-6-8-15)14-19-22-21(23-28-19)16-10-11-17(26-2)18(13-16)27-3/h10-11,13,15H,4-9,12,14H2,1-3H3. The largest absolute Gasteiger partial charge is 0.493 e. The molecule has 0 radical (unpaired) electrons. The molecule has 1 fully saturated rings. The van der Waals surface area contributed by atoms with Crippen LogP contribution >= 0.6 is 0 Å². The Hall–Kier alpha value is -2.57. The minimum Gasteiger partial charge on any atom is -0.493 e. The van der Waals surface area contributed by atoms with E-state index in [-0.39, 0.29) is 5.91 Å². The van der Waals surface area contributed by atoms with Crippen LogP contribution in [0.15, 0.2) is 22.7 Å². The Balaban J connectivity index is 1.63. The van der Waals surface area contributed by atoms with Crippen LogP contribution in [-0.2, 0) is 11.3 Å². The lowest BCUT2D eigenvalue weighted by molar-refractivity contribution is -0.132. The van der Waals surface area contributed by atoms with Crippen LogP contribution in [0.25, 0.3) is 11.4 Å². The van der Waals surface area contributed by atoms with Crippen molar-refractivity contribution in [3.8, 4) is 22.9 Å². The molecule has 1 aliphatic carbocycles. The first-order valence-corrected chi connectivity index (χ1v) is 9.97. The highest BCUT2D eigenvalue weighted by Gasteiger charge is 2.20. The number of ether oxygens (including phenoxy) is 2. The van der Waals surface area contributed by atoms with Crippen LogP contribution in [0, 0.1) is 5.92 Å². The third-order valence-corrected chi connectivity index (χ3v) is 5.41. The maximum Gasteiger partial charge on any atom is 0.246 e. The molecule has 0 saturated heterocycles. The number of carbonyl (C=O) groups is 1. The summed E-state index contributed by atoms with van der Waals surface area (Å²) in [6, 6.07) is 5.45. The summed E-state index contributed by atoms with van der Waals surface area (Å²) < 4.78 is 16.0. The highest BCUT2D eigenvalue weighted by molar-refractivity contribution is 5.76. The zero-order valence-corrected chi connectivity index (χ0v) is 16.9. The van der Waals surface area contributed by atoms with E-state index >= 15 is 0 Å². The number of aromatic nitrogens is 2. The smallest absolute Gasteiger partial charge is 0.246 e. The van der Waals surface area contributed by atoms with Crippen LogP contribution in [-0.4, -0.2) is 41.7 Å². The zero-order valence-electron chi connectivity index (χ0n) is 16.9. The summed E-state index contributed by atoms with van der Waals surface area (Å²) in [5, 5.41) is 4.05. The SMILES string of the molecule is CCN(Cc1nc(-c2ccc(OC)c(OC)c2)no1)C(=O)CCC1CCCC1. The van der Waals surface area contributed by atoms with Crippen LogP contribution in [0.2, 0.25) is 0 Å². The molecule has 1 aromatic heterocycles. The quantitative estimate of drug-likeness (QED) is 0.645. The fourth-order valence-electron chi connectivity index (χ4n) is 3.74. The first kappa shape index (κ1) is 20.2. The second kappa shape index (κ2) is 9.57. The van der Waals surface area contributed by atoms with Crippen molar-refractivity contribution in [2.45, 2.75) is 52.0 Å². The maximum atomic E-state index is 12.6. The van der Waals surface area contributed by atoms with Crippen LogP contribution in [0.4, 0.5) is 0 Å². The van der Waals surface area contributed by atoms with Gasteiger partial charge in [-0.15, -0.1) is 0 Å². The van der Waals surface area contributed by atoms with Crippen LogP contribution < -0.4 is 9.47 Å². The van der Waals surface area contributed by atoms with Gasteiger partial charge in [0.25, 0.3) is 0 Å². The van der Waals surface area contributed by atoms with Gasteiger partial charge in [0.2, 0.25) is 17.6 Å². The molecule has 0 bridgehead atoms. The molecule has 7 heteroatoms. The molecule has 152 valence electrons. The normalized spacial score (nSPS) is 14.2. The molecule has 1 aliphatic rings. The van der Waals surface area contributed by atoms with Gasteiger partial charge in [0, 0.05) is 18.5 Å². The molecule has 0 aliphatic heterocycles. The lowest BCUT2D eigenvalue weighted by Crippen LogP contribution is -2.30. The molecule has 0 spiro atoms. The second-order valence-corrected chi connectivity index (χ2v) is 7.18. The van der Waals surface area contributed by atoms with Crippen molar-refractivity contribution in [2.24, 2.45) is 5.92 Å². The molecule has 7 nitrogen and oxygen atoms in total. The number of rotatable bonds is 9. The average Bonchev–Trinajstić information content (AvgIpc) is 3.41. The van der Waals surface area contributed by atoms with Crippen molar-refractivity contribution >= 4 is 5.91 Å². The fourth-order valence-corrected chi connectivity index (χ4v) is 3.74. The van der Waals surface area contributed by atoms with E-state index in [4.69, 9.17) is 14.0 Å². The van der Waals surface area contributed by atoms with Gasteiger partial charge in [0.05, 0.1) is 20.8 Å². The Bertz CT molecular complexity index is 784. The Kier molecular flexibility index (Phi) is 6.90. The van der Waals surface area contributed by atoms with Gasteiger partial charge in [-0.3, -0.25) is 4.79 Å². The lowest BCUT2D eigenvalue weighted by Gasteiger charge is -2.19. The van der Waals surface area contributed by atoms with Gasteiger partial charge >= 0.3 is 0 Å².